The zero-order valence-electron chi connectivity index (χ0n) is 16.6. The Labute approximate surface area is 191 Å². The van der Waals surface area contributed by atoms with E-state index in [1.165, 1.54) is 16.2 Å². The van der Waals surface area contributed by atoms with Crippen molar-refractivity contribution in [2.24, 2.45) is 0 Å². The number of thiophene rings is 1. The van der Waals surface area contributed by atoms with Gasteiger partial charge in [0.15, 0.2) is 4.34 Å². The predicted molar refractivity (Wildman–Crippen MR) is 122 cm³/mol. The third kappa shape index (κ3) is 6.12. The summed E-state index contributed by atoms with van der Waals surface area (Å²) in [6, 6.07) is 11.6. The van der Waals surface area contributed by atoms with Gasteiger partial charge in [-0.3, -0.25) is 4.79 Å². The van der Waals surface area contributed by atoms with E-state index in [9.17, 15) is 4.79 Å². The molecule has 0 radical (unpaired) electrons. The van der Waals surface area contributed by atoms with Crippen molar-refractivity contribution < 1.29 is 14.1 Å². The summed E-state index contributed by atoms with van der Waals surface area (Å²) in [5.41, 5.74) is 0.823. The number of ether oxygens (including phenoxy) is 1. The molecule has 0 atom stereocenters. The van der Waals surface area contributed by atoms with Crippen LogP contribution in [0.5, 0.6) is 5.75 Å². The molecule has 4 rings (SSSR count). The lowest BCUT2D eigenvalue weighted by Gasteiger charge is -2.02. The van der Waals surface area contributed by atoms with Gasteiger partial charge in [0.25, 0.3) is 0 Å². The molecule has 0 fully saturated rings. The Morgan fingerprint density at radius 3 is 2.87 bits per heavy atom. The van der Waals surface area contributed by atoms with Crippen LogP contribution >= 0.6 is 34.4 Å². The van der Waals surface area contributed by atoms with Gasteiger partial charge in [0.2, 0.25) is 22.8 Å². The van der Waals surface area contributed by atoms with E-state index in [-0.39, 0.29) is 12.3 Å². The molecule has 0 aliphatic heterocycles. The highest BCUT2D eigenvalue weighted by molar-refractivity contribution is 8.00. The van der Waals surface area contributed by atoms with Gasteiger partial charge in [-0.25, -0.2) is 0 Å². The second-order valence-corrected chi connectivity index (χ2v) is 9.49. The largest absolute Gasteiger partial charge is 0.494 e. The first-order valence-electron chi connectivity index (χ1n) is 9.54. The first-order valence-corrected chi connectivity index (χ1v) is 12.2. The minimum Gasteiger partial charge on any atom is -0.494 e. The average Bonchev–Trinajstić information content (AvgIpc) is 3.54. The quantitative estimate of drug-likeness (QED) is 0.256. The zero-order valence-corrected chi connectivity index (χ0v) is 19.1. The van der Waals surface area contributed by atoms with Gasteiger partial charge in [0.1, 0.15) is 5.75 Å². The van der Waals surface area contributed by atoms with Crippen molar-refractivity contribution in [1.29, 1.82) is 0 Å². The number of aromatic nitrogens is 4. The van der Waals surface area contributed by atoms with Gasteiger partial charge in [0.05, 0.1) is 6.61 Å². The standard InChI is InChI=1S/C20H19N5O3S3/c1-2-27-14-7-5-13(6-8-14)18-22-17(28-25-18)10-9-16(26)21-19-23-24-20(31-19)30-12-15-4-3-11-29-15/h3-8,11H,2,9-10,12H2,1H3,(H,21,23,26). The highest BCUT2D eigenvalue weighted by atomic mass is 32.2. The number of thioether (sulfide) groups is 1. The van der Waals surface area contributed by atoms with E-state index < -0.39 is 0 Å². The number of hydrogen-bond acceptors (Lipinski definition) is 10. The number of hydrogen-bond donors (Lipinski definition) is 1. The number of rotatable bonds is 10. The number of carbonyl (C=O) groups is 1. The van der Waals surface area contributed by atoms with Gasteiger partial charge < -0.3 is 14.6 Å². The number of benzene rings is 1. The first-order chi connectivity index (χ1) is 15.2. The van der Waals surface area contributed by atoms with Gasteiger partial charge in [0, 0.05) is 29.0 Å². The van der Waals surface area contributed by atoms with Gasteiger partial charge in [-0.1, -0.05) is 34.3 Å². The van der Waals surface area contributed by atoms with Crippen molar-refractivity contribution in [3.8, 4) is 17.1 Å². The molecule has 0 unspecified atom stereocenters. The molecule has 8 nitrogen and oxygen atoms in total. The molecule has 31 heavy (non-hydrogen) atoms. The van der Waals surface area contributed by atoms with Crippen molar-refractivity contribution in [3.05, 3.63) is 52.5 Å². The van der Waals surface area contributed by atoms with Crippen LogP contribution in [0.2, 0.25) is 0 Å². The molecule has 4 aromatic rings. The Bertz CT molecular complexity index is 1110. The number of nitrogens with one attached hydrogen (secondary N) is 1. The third-order valence-corrected chi connectivity index (χ3v) is 7.11. The lowest BCUT2D eigenvalue weighted by Crippen LogP contribution is -2.12. The number of anilines is 1. The first kappa shape index (κ1) is 21.5. The SMILES string of the molecule is CCOc1ccc(-c2noc(CCC(=O)Nc3nnc(SCc4cccs4)s3)n2)cc1. The number of amides is 1. The molecule has 0 spiro atoms. The van der Waals surface area contributed by atoms with Crippen LogP contribution in [0.3, 0.4) is 0 Å². The van der Waals surface area contributed by atoms with Crippen molar-refractivity contribution in [2.45, 2.75) is 29.9 Å². The van der Waals surface area contributed by atoms with Gasteiger partial charge in [-0.15, -0.1) is 21.5 Å². The molecule has 11 heteroatoms. The van der Waals surface area contributed by atoms with E-state index >= 15 is 0 Å². The molecule has 1 amide bonds. The Kier molecular flexibility index (Phi) is 7.28. The summed E-state index contributed by atoms with van der Waals surface area (Å²) < 4.78 is 11.5. The van der Waals surface area contributed by atoms with Crippen LogP contribution in [0, 0.1) is 0 Å². The van der Waals surface area contributed by atoms with Crippen LogP contribution in [0.25, 0.3) is 11.4 Å². The van der Waals surface area contributed by atoms with Gasteiger partial charge >= 0.3 is 0 Å². The Hall–Kier alpha value is -2.76. The molecule has 0 aliphatic rings. The number of carbonyl (C=O) groups excluding carboxylic acids is 1. The third-order valence-electron chi connectivity index (χ3n) is 4.03. The van der Waals surface area contributed by atoms with Crippen molar-refractivity contribution >= 4 is 45.5 Å². The smallest absolute Gasteiger partial charge is 0.227 e. The molecule has 1 aromatic carbocycles. The van der Waals surface area contributed by atoms with Crippen LogP contribution < -0.4 is 10.1 Å². The Morgan fingerprint density at radius 2 is 2.10 bits per heavy atom. The molecule has 3 aromatic heterocycles. The normalized spacial score (nSPS) is 10.9. The summed E-state index contributed by atoms with van der Waals surface area (Å²) in [5, 5.41) is 17.4. The predicted octanol–water partition coefficient (Wildman–Crippen LogP) is 4.91. The molecule has 3 heterocycles. The molecular weight excluding hydrogens is 454 g/mol. The monoisotopic (exact) mass is 473 g/mol. The maximum absolute atomic E-state index is 12.2. The second-order valence-electron chi connectivity index (χ2n) is 6.26. The zero-order chi connectivity index (χ0) is 21.5. The van der Waals surface area contributed by atoms with Crippen LogP contribution in [0.1, 0.15) is 24.1 Å². The van der Waals surface area contributed by atoms with Crippen molar-refractivity contribution in [1.82, 2.24) is 20.3 Å². The van der Waals surface area contributed by atoms with E-state index in [0.29, 0.717) is 29.9 Å². The summed E-state index contributed by atoms with van der Waals surface area (Å²) in [7, 11) is 0. The van der Waals surface area contributed by atoms with E-state index in [1.54, 1.807) is 23.1 Å². The highest BCUT2D eigenvalue weighted by Crippen LogP contribution is 2.29. The summed E-state index contributed by atoms with van der Waals surface area (Å²) in [6.07, 6.45) is 0.552. The maximum atomic E-state index is 12.2. The van der Waals surface area contributed by atoms with Crippen LogP contribution in [0.4, 0.5) is 5.13 Å². The lowest BCUT2D eigenvalue weighted by molar-refractivity contribution is -0.116. The van der Waals surface area contributed by atoms with E-state index in [4.69, 9.17) is 9.26 Å². The number of aryl methyl sites for hydroxylation is 1. The fourth-order valence-corrected chi connectivity index (χ4v) is 5.13. The van der Waals surface area contributed by atoms with Crippen LogP contribution in [0.15, 0.2) is 50.6 Å². The molecule has 1 N–H and O–H groups in total. The summed E-state index contributed by atoms with van der Waals surface area (Å²) in [5.74, 6) is 2.34. The summed E-state index contributed by atoms with van der Waals surface area (Å²) >= 11 is 4.67. The van der Waals surface area contributed by atoms with Crippen molar-refractivity contribution in [2.75, 3.05) is 11.9 Å². The molecule has 0 bridgehead atoms. The summed E-state index contributed by atoms with van der Waals surface area (Å²) in [4.78, 5) is 17.9. The van der Waals surface area contributed by atoms with Crippen molar-refractivity contribution in [3.63, 3.8) is 0 Å². The van der Waals surface area contributed by atoms with Crippen LogP contribution in [-0.4, -0.2) is 32.9 Å². The number of nitrogens with zero attached hydrogens (tertiary/aromatic N) is 4. The molecular formula is C20H19N5O3S3. The lowest BCUT2D eigenvalue weighted by atomic mass is 10.2. The van der Waals surface area contributed by atoms with E-state index in [0.717, 1.165) is 21.4 Å². The molecule has 0 saturated heterocycles. The Morgan fingerprint density at radius 1 is 1.23 bits per heavy atom. The highest BCUT2D eigenvalue weighted by Gasteiger charge is 2.13. The fourth-order valence-electron chi connectivity index (χ4n) is 2.59. The summed E-state index contributed by atoms with van der Waals surface area (Å²) in [6.45, 7) is 2.55. The molecule has 0 saturated carbocycles. The minimum absolute atomic E-state index is 0.174. The van der Waals surface area contributed by atoms with E-state index in [1.807, 2.05) is 42.6 Å². The second kappa shape index (κ2) is 10.5. The van der Waals surface area contributed by atoms with Crippen LogP contribution in [-0.2, 0) is 17.0 Å². The topological polar surface area (TPSA) is 103 Å². The average molecular weight is 474 g/mol. The Balaban J connectivity index is 1.24. The van der Waals surface area contributed by atoms with Gasteiger partial charge in [-0.2, -0.15) is 4.98 Å². The molecule has 0 aliphatic carbocycles. The fraction of sp³-hybridized carbons (Fsp3) is 0.250. The van der Waals surface area contributed by atoms with E-state index in [2.05, 4.69) is 31.7 Å². The maximum Gasteiger partial charge on any atom is 0.227 e. The van der Waals surface area contributed by atoms with Gasteiger partial charge in [-0.05, 0) is 42.6 Å². The molecule has 160 valence electrons. The minimum atomic E-state index is -0.174.